The smallest absolute Gasteiger partial charge is 0.416 e. The zero-order valence-electron chi connectivity index (χ0n) is 16.6. The summed E-state index contributed by atoms with van der Waals surface area (Å²) in [7, 11) is 3.23. The Morgan fingerprint density at radius 1 is 1.13 bits per heavy atom. The number of alkyl halides is 3. The van der Waals surface area contributed by atoms with Gasteiger partial charge in [0, 0.05) is 18.8 Å². The van der Waals surface area contributed by atoms with Gasteiger partial charge in [-0.3, -0.25) is 4.79 Å². The quantitative estimate of drug-likeness (QED) is 0.518. The molecule has 0 saturated heterocycles. The summed E-state index contributed by atoms with van der Waals surface area (Å²) in [5.74, 6) is 0.975. The predicted molar refractivity (Wildman–Crippen MR) is 109 cm³/mol. The molecule has 1 heterocycles. The van der Waals surface area contributed by atoms with Gasteiger partial charge in [0.05, 0.1) is 18.4 Å². The Bertz CT molecular complexity index is 1060. The van der Waals surface area contributed by atoms with E-state index in [1.165, 1.54) is 23.9 Å². The van der Waals surface area contributed by atoms with Crippen LogP contribution < -0.4 is 14.8 Å². The number of thioether (sulfide) groups is 1. The van der Waals surface area contributed by atoms with Crippen molar-refractivity contribution in [2.75, 3.05) is 18.2 Å². The molecule has 31 heavy (non-hydrogen) atoms. The lowest BCUT2D eigenvalue weighted by atomic mass is 10.2. The maximum absolute atomic E-state index is 12.8. The van der Waals surface area contributed by atoms with E-state index in [2.05, 4.69) is 15.5 Å². The van der Waals surface area contributed by atoms with Crippen molar-refractivity contribution in [3.8, 4) is 11.5 Å². The molecule has 1 N–H and O–H groups in total. The van der Waals surface area contributed by atoms with Crippen molar-refractivity contribution < 1.29 is 27.4 Å². The first kappa shape index (κ1) is 22.5. The summed E-state index contributed by atoms with van der Waals surface area (Å²) in [6.45, 7) is -0.0681. The number of carbonyl (C=O) groups excluding carboxylic acids is 1. The number of halogens is 3. The van der Waals surface area contributed by atoms with Crippen LogP contribution in [0.25, 0.3) is 0 Å². The normalized spacial score (nSPS) is 11.3. The molecule has 164 valence electrons. The highest BCUT2D eigenvalue weighted by Gasteiger charge is 2.30. The van der Waals surface area contributed by atoms with Crippen LogP contribution in [-0.4, -0.2) is 33.5 Å². The lowest BCUT2D eigenvalue weighted by Gasteiger charge is -2.10. The number of anilines is 1. The second kappa shape index (κ2) is 9.73. The van der Waals surface area contributed by atoms with E-state index in [0.717, 1.165) is 12.1 Å². The highest BCUT2D eigenvalue weighted by molar-refractivity contribution is 7.99. The third kappa shape index (κ3) is 6.14. The van der Waals surface area contributed by atoms with Gasteiger partial charge in [0.15, 0.2) is 11.0 Å². The third-order valence-corrected chi connectivity index (χ3v) is 5.16. The van der Waals surface area contributed by atoms with Crippen LogP contribution in [-0.2, 0) is 24.6 Å². The number of rotatable bonds is 8. The van der Waals surface area contributed by atoms with Crippen molar-refractivity contribution in [2.45, 2.75) is 17.9 Å². The Morgan fingerprint density at radius 3 is 2.61 bits per heavy atom. The number of benzene rings is 2. The van der Waals surface area contributed by atoms with Crippen molar-refractivity contribution in [1.29, 1.82) is 0 Å². The number of ether oxygens (including phenoxy) is 2. The first-order valence-corrected chi connectivity index (χ1v) is 10.00. The number of nitrogens with one attached hydrogen (secondary N) is 1. The minimum atomic E-state index is -4.45. The number of nitrogens with zero attached hydrogens (tertiary/aromatic N) is 3. The molecule has 1 amide bonds. The molecule has 0 saturated carbocycles. The number of amides is 1. The molecule has 0 radical (unpaired) electrons. The number of methoxy groups -OCH3 is 1. The Hall–Kier alpha value is -3.21. The molecule has 0 aliphatic carbocycles. The van der Waals surface area contributed by atoms with Crippen LogP contribution in [0.15, 0.2) is 53.7 Å². The predicted octanol–water partition coefficient (Wildman–Crippen LogP) is 4.15. The highest BCUT2D eigenvalue weighted by atomic mass is 32.2. The van der Waals surface area contributed by atoms with Gasteiger partial charge in [0.2, 0.25) is 5.91 Å². The molecule has 1 aromatic heterocycles. The zero-order chi connectivity index (χ0) is 22.4. The molecule has 3 rings (SSSR count). The van der Waals surface area contributed by atoms with Gasteiger partial charge >= 0.3 is 6.18 Å². The maximum atomic E-state index is 12.8. The molecule has 0 unspecified atom stereocenters. The largest absolute Gasteiger partial charge is 0.497 e. The molecule has 0 spiro atoms. The molecule has 2 aromatic carbocycles. The summed E-state index contributed by atoms with van der Waals surface area (Å²) in [4.78, 5) is 12.2. The van der Waals surface area contributed by atoms with Crippen LogP contribution in [0.4, 0.5) is 18.9 Å². The van der Waals surface area contributed by atoms with Crippen molar-refractivity contribution in [2.24, 2.45) is 7.05 Å². The monoisotopic (exact) mass is 452 g/mol. The number of carbonyl (C=O) groups is 1. The fourth-order valence-corrected chi connectivity index (χ4v) is 3.26. The van der Waals surface area contributed by atoms with Gasteiger partial charge in [-0.05, 0) is 30.3 Å². The lowest BCUT2D eigenvalue weighted by molar-refractivity contribution is -0.137. The summed E-state index contributed by atoms with van der Waals surface area (Å²) in [5.41, 5.74) is -0.181. The van der Waals surface area contributed by atoms with E-state index in [4.69, 9.17) is 9.47 Å². The Kier molecular flexibility index (Phi) is 7.06. The van der Waals surface area contributed by atoms with Gasteiger partial charge in [0.25, 0.3) is 0 Å². The summed E-state index contributed by atoms with van der Waals surface area (Å²) >= 11 is 1.17. The molecule has 0 bridgehead atoms. The second-order valence-electron chi connectivity index (χ2n) is 6.34. The summed E-state index contributed by atoms with van der Waals surface area (Å²) in [6.07, 6.45) is -4.45. The number of hydrogen-bond acceptors (Lipinski definition) is 6. The average Bonchev–Trinajstić information content (AvgIpc) is 3.10. The minimum absolute atomic E-state index is 0.0681. The summed E-state index contributed by atoms with van der Waals surface area (Å²) < 4.78 is 50.6. The molecular weight excluding hydrogens is 433 g/mol. The van der Waals surface area contributed by atoms with Crippen LogP contribution in [0.1, 0.15) is 11.4 Å². The van der Waals surface area contributed by atoms with Crippen molar-refractivity contribution >= 4 is 23.4 Å². The van der Waals surface area contributed by atoms with Gasteiger partial charge in [0.1, 0.15) is 18.1 Å². The first-order chi connectivity index (χ1) is 14.8. The molecular formula is C20H19F3N4O3S. The molecule has 3 aromatic rings. The van der Waals surface area contributed by atoms with E-state index >= 15 is 0 Å². The molecule has 11 heteroatoms. The van der Waals surface area contributed by atoms with Crippen LogP contribution in [0.5, 0.6) is 11.5 Å². The van der Waals surface area contributed by atoms with Gasteiger partial charge in [-0.2, -0.15) is 13.2 Å². The minimum Gasteiger partial charge on any atom is -0.497 e. The van der Waals surface area contributed by atoms with Gasteiger partial charge in [-0.1, -0.05) is 23.9 Å². The molecule has 0 aliphatic heterocycles. The fourth-order valence-electron chi connectivity index (χ4n) is 2.53. The van der Waals surface area contributed by atoms with E-state index in [-0.39, 0.29) is 24.0 Å². The van der Waals surface area contributed by atoms with Crippen molar-refractivity contribution in [1.82, 2.24) is 14.8 Å². The fraction of sp³-hybridized carbons (Fsp3) is 0.250. The van der Waals surface area contributed by atoms with Gasteiger partial charge in [-0.15, -0.1) is 10.2 Å². The van der Waals surface area contributed by atoms with Gasteiger partial charge < -0.3 is 19.4 Å². The van der Waals surface area contributed by atoms with Crippen LogP contribution in [0.3, 0.4) is 0 Å². The summed E-state index contributed by atoms with van der Waals surface area (Å²) in [6, 6.07) is 11.6. The lowest BCUT2D eigenvalue weighted by Crippen LogP contribution is -2.14. The van der Waals surface area contributed by atoms with Crippen LogP contribution in [0.2, 0.25) is 0 Å². The number of hydrogen-bond donors (Lipinski definition) is 1. The average molecular weight is 452 g/mol. The number of aromatic nitrogens is 3. The first-order valence-electron chi connectivity index (χ1n) is 9.01. The Labute approximate surface area is 180 Å². The highest BCUT2D eigenvalue weighted by Crippen LogP contribution is 2.31. The second-order valence-corrected chi connectivity index (χ2v) is 7.28. The van der Waals surface area contributed by atoms with E-state index < -0.39 is 11.7 Å². The summed E-state index contributed by atoms with van der Waals surface area (Å²) in [5, 5.41) is 11.2. The van der Waals surface area contributed by atoms with Crippen molar-refractivity contribution in [3.63, 3.8) is 0 Å². The van der Waals surface area contributed by atoms with E-state index in [1.54, 1.807) is 43.0 Å². The van der Waals surface area contributed by atoms with Crippen molar-refractivity contribution in [3.05, 3.63) is 59.9 Å². The topological polar surface area (TPSA) is 78.3 Å². The Balaban J connectivity index is 1.54. The van der Waals surface area contributed by atoms with Gasteiger partial charge in [-0.25, -0.2) is 0 Å². The molecule has 0 aliphatic rings. The van der Waals surface area contributed by atoms with Crippen LogP contribution >= 0.6 is 11.8 Å². The third-order valence-electron chi connectivity index (χ3n) is 4.14. The standard InChI is InChI=1S/C20H19F3N4O3S/c1-27-17(11-30-16-8-3-5-13(9-16)20(21,22)23)25-26-19(27)31-12-18(28)24-14-6-4-7-15(10-14)29-2/h3-10H,11-12H2,1-2H3,(H,24,28). The zero-order valence-corrected chi connectivity index (χ0v) is 17.5. The van der Waals surface area contributed by atoms with E-state index in [0.29, 0.717) is 22.4 Å². The van der Waals surface area contributed by atoms with E-state index in [9.17, 15) is 18.0 Å². The molecule has 0 fully saturated rings. The molecule has 0 atom stereocenters. The molecule has 7 nitrogen and oxygen atoms in total. The maximum Gasteiger partial charge on any atom is 0.416 e. The van der Waals surface area contributed by atoms with Crippen LogP contribution in [0, 0.1) is 0 Å². The SMILES string of the molecule is COc1cccc(NC(=O)CSc2nnc(COc3cccc(C(F)(F)F)c3)n2C)c1. The Morgan fingerprint density at radius 2 is 1.87 bits per heavy atom. The van der Waals surface area contributed by atoms with E-state index in [1.807, 2.05) is 0 Å².